The van der Waals surface area contributed by atoms with E-state index in [4.69, 9.17) is 10.5 Å². The maximum Gasteiger partial charge on any atom is 0.272 e. The van der Waals surface area contributed by atoms with Gasteiger partial charge >= 0.3 is 0 Å². The molecule has 0 aliphatic carbocycles. The molecule has 84 valence electrons. The van der Waals surface area contributed by atoms with Crippen molar-refractivity contribution in [2.45, 2.75) is 25.4 Å². The van der Waals surface area contributed by atoms with Gasteiger partial charge in [0.2, 0.25) is 0 Å². The summed E-state index contributed by atoms with van der Waals surface area (Å²) >= 11 is 0. The van der Waals surface area contributed by atoms with Crippen LogP contribution in [-0.4, -0.2) is 49.7 Å². The van der Waals surface area contributed by atoms with Gasteiger partial charge in [0, 0.05) is 19.7 Å². The Labute approximate surface area is 83.2 Å². The third kappa shape index (κ3) is 3.48. The maximum atomic E-state index is 12.9. The predicted molar refractivity (Wildman–Crippen MR) is 50.5 cm³/mol. The number of alkyl halides is 2. The maximum absolute atomic E-state index is 12.9. The quantitative estimate of drug-likeness (QED) is 0.722. The number of nitrogens with two attached hydrogens (primary N) is 1. The molecule has 0 spiro atoms. The molecule has 1 fully saturated rings. The zero-order chi connectivity index (χ0) is 10.6. The van der Waals surface area contributed by atoms with Crippen molar-refractivity contribution in [1.29, 1.82) is 0 Å². The van der Waals surface area contributed by atoms with Crippen LogP contribution in [0.15, 0.2) is 0 Å². The topological polar surface area (TPSA) is 38.5 Å². The first-order chi connectivity index (χ1) is 6.57. The van der Waals surface area contributed by atoms with Gasteiger partial charge in [-0.05, 0) is 13.3 Å². The van der Waals surface area contributed by atoms with Gasteiger partial charge in [-0.2, -0.15) is 0 Å². The highest BCUT2D eigenvalue weighted by atomic mass is 19.3. The number of ether oxygens (including phenoxy) is 1. The van der Waals surface area contributed by atoms with Crippen LogP contribution in [0.4, 0.5) is 8.78 Å². The summed E-state index contributed by atoms with van der Waals surface area (Å²) in [6, 6.07) is 0. The first-order valence-corrected chi connectivity index (χ1v) is 4.99. The molecule has 1 aliphatic rings. The highest BCUT2D eigenvalue weighted by Gasteiger charge is 2.33. The van der Waals surface area contributed by atoms with Crippen molar-refractivity contribution in [3.8, 4) is 0 Å². The molecule has 1 saturated heterocycles. The van der Waals surface area contributed by atoms with Crippen LogP contribution < -0.4 is 5.73 Å². The minimum atomic E-state index is -2.76. The Balaban J connectivity index is 2.28. The fourth-order valence-corrected chi connectivity index (χ4v) is 1.70. The van der Waals surface area contributed by atoms with Crippen molar-refractivity contribution in [1.82, 2.24) is 4.90 Å². The van der Waals surface area contributed by atoms with E-state index in [2.05, 4.69) is 0 Å². The van der Waals surface area contributed by atoms with Crippen LogP contribution in [0.25, 0.3) is 0 Å². The number of rotatable bonds is 5. The minimum Gasteiger partial charge on any atom is -0.377 e. The van der Waals surface area contributed by atoms with E-state index >= 15 is 0 Å². The van der Waals surface area contributed by atoms with Gasteiger partial charge in [0.15, 0.2) is 0 Å². The van der Waals surface area contributed by atoms with Gasteiger partial charge in [-0.15, -0.1) is 0 Å². The van der Waals surface area contributed by atoms with E-state index in [1.807, 2.05) is 6.92 Å². The summed E-state index contributed by atoms with van der Waals surface area (Å²) in [5.74, 6) is -2.76. The van der Waals surface area contributed by atoms with Crippen LogP contribution in [-0.2, 0) is 4.74 Å². The molecule has 0 saturated carbocycles. The molecule has 0 aromatic carbocycles. The smallest absolute Gasteiger partial charge is 0.272 e. The van der Waals surface area contributed by atoms with Crippen LogP contribution in [0.5, 0.6) is 0 Å². The van der Waals surface area contributed by atoms with Crippen molar-refractivity contribution in [2.24, 2.45) is 5.73 Å². The zero-order valence-electron chi connectivity index (χ0n) is 8.51. The number of hydrogen-bond donors (Lipinski definition) is 1. The summed E-state index contributed by atoms with van der Waals surface area (Å²) in [4.78, 5) is 1.72. The SMILES string of the molecule is CCOC1CCN(CC(F)(F)CN)C1. The fourth-order valence-electron chi connectivity index (χ4n) is 1.70. The summed E-state index contributed by atoms with van der Waals surface area (Å²) in [5, 5.41) is 0. The first-order valence-electron chi connectivity index (χ1n) is 4.99. The molecular formula is C9H18F2N2O. The molecule has 5 heteroatoms. The molecule has 0 radical (unpaired) electrons. The summed E-state index contributed by atoms with van der Waals surface area (Å²) in [5.41, 5.74) is 4.97. The molecule has 1 unspecified atom stereocenters. The lowest BCUT2D eigenvalue weighted by molar-refractivity contribution is -0.0225. The predicted octanol–water partition coefficient (Wildman–Crippen LogP) is 0.691. The minimum absolute atomic E-state index is 0.119. The van der Waals surface area contributed by atoms with Gasteiger partial charge in [0.25, 0.3) is 5.92 Å². The molecule has 0 aromatic heterocycles. The zero-order valence-corrected chi connectivity index (χ0v) is 8.51. The van der Waals surface area contributed by atoms with Crippen LogP contribution in [0.3, 0.4) is 0 Å². The molecule has 0 aromatic rings. The van der Waals surface area contributed by atoms with E-state index in [1.54, 1.807) is 4.90 Å². The van der Waals surface area contributed by atoms with Crippen LogP contribution in [0.1, 0.15) is 13.3 Å². The van der Waals surface area contributed by atoms with Crippen molar-refractivity contribution in [3.05, 3.63) is 0 Å². The number of nitrogens with zero attached hydrogens (tertiary/aromatic N) is 1. The van der Waals surface area contributed by atoms with Gasteiger partial charge in [-0.25, -0.2) is 8.78 Å². The molecule has 1 aliphatic heterocycles. The highest BCUT2D eigenvalue weighted by molar-refractivity contribution is 4.81. The Bertz CT molecular complexity index is 178. The lowest BCUT2D eigenvalue weighted by atomic mass is 10.3. The molecule has 1 rings (SSSR count). The van der Waals surface area contributed by atoms with Gasteiger partial charge in [0.1, 0.15) is 0 Å². The van der Waals surface area contributed by atoms with Crippen molar-refractivity contribution in [3.63, 3.8) is 0 Å². The Morgan fingerprint density at radius 1 is 1.57 bits per heavy atom. The molecule has 1 heterocycles. The van der Waals surface area contributed by atoms with Crippen molar-refractivity contribution < 1.29 is 13.5 Å². The summed E-state index contributed by atoms with van der Waals surface area (Å²) in [7, 11) is 0. The van der Waals surface area contributed by atoms with Crippen LogP contribution in [0.2, 0.25) is 0 Å². The van der Waals surface area contributed by atoms with Crippen LogP contribution >= 0.6 is 0 Å². The molecule has 3 nitrogen and oxygen atoms in total. The van der Waals surface area contributed by atoms with Gasteiger partial charge in [0.05, 0.1) is 19.2 Å². The van der Waals surface area contributed by atoms with Gasteiger partial charge < -0.3 is 10.5 Å². The largest absolute Gasteiger partial charge is 0.377 e. The average molecular weight is 208 g/mol. The molecular weight excluding hydrogens is 190 g/mol. The Morgan fingerprint density at radius 3 is 2.86 bits per heavy atom. The average Bonchev–Trinajstić information content (AvgIpc) is 2.53. The molecule has 0 bridgehead atoms. The van der Waals surface area contributed by atoms with E-state index in [0.717, 1.165) is 6.42 Å². The van der Waals surface area contributed by atoms with Gasteiger partial charge in [-0.3, -0.25) is 4.90 Å². The normalized spacial score (nSPS) is 24.4. The van der Waals surface area contributed by atoms with E-state index in [9.17, 15) is 8.78 Å². The highest BCUT2D eigenvalue weighted by Crippen LogP contribution is 2.19. The van der Waals surface area contributed by atoms with Gasteiger partial charge in [-0.1, -0.05) is 0 Å². The first kappa shape index (κ1) is 11.8. The molecule has 14 heavy (non-hydrogen) atoms. The fraction of sp³-hybridized carbons (Fsp3) is 1.00. The third-order valence-electron chi connectivity index (χ3n) is 2.39. The Hall–Kier alpha value is -0.260. The standard InChI is InChI=1S/C9H18F2N2O/c1-2-14-8-3-4-13(5-8)7-9(10,11)6-12/h8H,2-7,12H2,1H3. The van der Waals surface area contributed by atoms with E-state index in [0.29, 0.717) is 19.7 Å². The molecule has 1 atom stereocenters. The monoisotopic (exact) mass is 208 g/mol. The summed E-state index contributed by atoms with van der Waals surface area (Å²) < 4.78 is 31.2. The van der Waals surface area contributed by atoms with E-state index in [1.165, 1.54) is 0 Å². The lowest BCUT2D eigenvalue weighted by Crippen LogP contribution is -2.41. The Kier molecular flexibility index (Phi) is 4.22. The number of likely N-dealkylation sites (tertiary alicyclic amines) is 1. The summed E-state index contributed by atoms with van der Waals surface area (Å²) in [6.07, 6.45) is 0.961. The second-order valence-corrected chi connectivity index (χ2v) is 3.66. The second kappa shape index (κ2) is 5.00. The van der Waals surface area contributed by atoms with Crippen molar-refractivity contribution >= 4 is 0 Å². The van der Waals surface area contributed by atoms with Crippen molar-refractivity contribution in [2.75, 3.05) is 32.8 Å². The Morgan fingerprint density at radius 2 is 2.29 bits per heavy atom. The van der Waals surface area contributed by atoms with E-state index in [-0.39, 0.29) is 12.6 Å². The lowest BCUT2D eigenvalue weighted by Gasteiger charge is -2.22. The third-order valence-corrected chi connectivity index (χ3v) is 2.39. The molecule has 0 amide bonds. The van der Waals surface area contributed by atoms with Crippen LogP contribution in [0, 0.1) is 0 Å². The molecule has 2 N–H and O–H groups in total. The number of hydrogen-bond acceptors (Lipinski definition) is 3. The second-order valence-electron chi connectivity index (χ2n) is 3.66. The van der Waals surface area contributed by atoms with E-state index < -0.39 is 12.5 Å². The summed E-state index contributed by atoms with van der Waals surface area (Å²) in [6.45, 7) is 3.02. The number of halogens is 2.